The van der Waals surface area contributed by atoms with Gasteiger partial charge in [-0.1, -0.05) is 12.1 Å². The van der Waals surface area contributed by atoms with E-state index in [2.05, 4.69) is 4.72 Å². The molecule has 0 fully saturated rings. The van der Waals surface area contributed by atoms with E-state index in [-0.39, 0.29) is 4.90 Å². The molecule has 20 heavy (non-hydrogen) atoms. The second kappa shape index (κ2) is 6.04. The third-order valence-electron chi connectivity index (χ3n) is 2.77. The van der Waals surface area contributed by atoms with E-state index < -0.39 is 10.0 Å². The molecule has 106 valence electrons. The minimum atomic E-state index is -3.42. The summed E-state index contributed by atoms with van der Waals surface area (Å²) in [4.78, 5) is 0.197. The molecular formula is C14H16N2O3S. The van der Waals surface area contributed by atoms with E-state index in [1.54, 1.807) is 12.1 Å². The molecule has 0 aliphatic carbocycles. The minimum Gasteiger partial charge on any atom is -0.457 e. The van der Waals surface area contributed by atoms with Crippen LogP contribution < -0.4 is 15.2 Å². The Hall–Kier alpha value is -1.89. The lowest BCUT2D eigenvalue weighted by Crippen LogP contribution is -2.18. The van der Waals surface area contributed by atoms with Crippen molar-refractivity contribution in [1.82, 2.24) is 4.72 Å². The molecule has 0 saturated carbocycles. The maximum atomic E-state index is 11.6. The summed E-state index contributed by atoms with van der Waals surface area (Å²) in [6.07, 6.45) is 0. The zero-order valence-corrected chi connectivity index (χ0v) is 11.9. The molecule has 0 radical (unpaired) electrons. The van der Waals surface area contributed by atoms with Crippen LogP contribution in [-0.2, 0) is 16.6 Å². The van der Waals surface area contributed by atoms with Gasteiger partial charge in [-0.15, -0.1) is 0 Å². The first-order valence-corrected chi connectivity index (χ1v) is 7.54. The molecule has 0 atom stereocenters. The molecule has 0 aliphatic heterocycles. The SMILES string of the molecule is CNS(=O)(=O)c1ccc(Oc2cccc(CN)c2)cc1. The van der Waals surface area contributed by atoms with E-state index in [0.717, 1.165) is 5.56 Å². The maximum Gasteiger partial charge on any atom is 0.240 e. The van der Waals surface area contributed by atoms with Crippen LogP contribution >= 0.6 is 0 Å². The highest BCUT2D eigenvalue weighted by molar-refractivity contribution is 7.89. The fourth-order valence-corrected chi connectivity index (χ4v) is 2.41. The largest absolute Gasteiger partial charge is 0.457 e. The Bertz CT molecular complexity index is 682. The van der Waals surface area contributed by atoms with Gasteiger partial charge in [0.1, 0.15) is 11.5 Å². The summed E-state index contributed by atoms with van der Waals surface area (Å²) >= 11 is 0. The maximum absolute atomic E-state index is 11.6. The first kappa shape index (κ1) is 14.5. The van der Waals surface area contributed by atoms with Crippen molar-refractivity contribution < 1.29 is 13.2 Å². The highest BCUT2D eigenvalue weighted by Crippen LogP contribution is 2.23. The van der Waals surface area contributed by atoms with Crippen LogP contribution in [0.15, 0.2) is 53.4 Å². The second-order valence-corrected chi connectivity index (χ2v) is 6.02. The molecule has 2 aromatic carbocycles. The van der Waals surface area contributed by atoms with Crippen LogP contribution in [-0.4, -0.2) is 15.5 Å². The Labute approximate surface area is 118 Å². The first-order chi connectivity index (χ1) is 9.55. The zero-order chi connectivity index (χ0) is 14.6. The van der Waals surface area contributed by atoms with Gasteiger partial charge < -0.3 is 10.5 Å². The van der Waals surface area contributed by atoms with Crippen LogP contribution in [0.3, 0.4) is 0 Å². The van der Waals surface area contributed by atoms with Crippen molar-refractivity contribution in [3.05, 3.63) is 54.1 Å². The number of nitrogens with two attached hydrogens (primary N) is 1. The molecule has 6 heteroatoms. The van der Waals surface area contributed by atoms with Crippen molar-refractivity contribution in [3.8, 4) is 11.5 Å². The minimum absolute atomic E-state index is 0.197. The summed E-state index contributed by atoms with van der Waals surface area (Å²) in [5, 5.41) is 0. The topological polar surface area (TPSA) is 81.4 Å². The van der Waals surface area contributed by atoms with Gasteiger partial charge in [0, 0.05) is 6.54 Å². The predicted molar refractivity (Wildman–Crippen MR) is 77.1 cm³/mol. The molecule has 0 aliphatic rings. The number of sulfonamides is 1. The third kappa shape index (κ3) is 3.36. The van der Waals surface area contributed by atoms with Crippen LogP contribution in [0, 0.1) is 0 Å². The van der Waals surface area contributed by atoms with Gasteiger partial charge >= 0.3 is 0 Å². The molecule has 0 aromatic heterocycles. The van der Waals surface area contributed by atoms with Crippen molar-refractivity contribution in [1.29, 1.82) is 0 Å². The molecule has 0 bridgehead atoms. The molecule has 5 nitrogen and oxygen atoms in total. The fraction of sp³-hybridized carbons (Fsp3) is 0.143. The monoisotopic (exact) mass is 292 g/mol. The summed E-state index contributed by atoms with van der Waals surface area (Å²) < 4.78 is 31.1. The van der Waals surface area contributed by atoms with Crippen LogP contribution in [0.5, 0.6) is 11.5 Å². The van der Waals surface area contributed by atoms with Crippen molar-refractivity contribution >= 4 is 10.0 Å². The van der Waals surface area contributed by atoms with Gasteiger partial charge in [0.25, 0.3) is 0 Å². The van der Waals surface area contributed by atoms with Crippen molar-refractivity contribution in [2.24, 2.45) is 5.73 Å². The highest BCUT2D eigenvalue weighted by atomic mass is 32.2. The zero-order valence-electron chi connectivity index (χ0n) is 11.0. The lowest BCUT2D eigenvalue weighted by atomic mass is 10.2. The molecule has 0 heterocycles. The molecule has 0 spiro atoms. The third-order valence-corrected chi connectivity index (χ3v) is 4.20. The van der Waals surface area contributed by atoms with E-state index in [4.69, 9.17) is 10.5 Å². The summed E-state index contributed by atoms with van der Waals surface area (Å²) in [6.45, 7) is 0.441. The summed E-state index contributed by atoms with van der Waals surface area (Å²) in [7, 11) is -2.05. The standard InChI is InChI=1S/C14H16N2O3S/c1-16-20(17,18)14-7-5-12(6-8-14)19-13-4-2-3-11(9-13)10-15/h2-9,16H,10,15H2,1H3. The van der Waals surface area contributed by atoms with Gasteiger partial charge in [-0.05, 0) is 49.0 Å². The lowest BCUT2D eigenvalue weighted by molar-refractivity contribution is 0.481. The predicted octanol–water partition coefficient (Wildman–Crippen LogP) is 1.85. The lowest BCUT2D eigenvalue weighted by Gasteiger charge is -2.08. The van der Waals surface area contributed by atoms with Crippen LogP contribution in [0.4, 0.5) is 0 Å². The quantitative estimate of drug-likeness (QED) is 0.881. The summed E-state index contributed by atoms with van der Waals surface area (Å²) in [5.74, 6) is 1.23. The van der Waals surface area contributed by atoms with Crippen LogP contribution in [0.1, 0.15) is 5.56 Å². The Kier molecular flexibility index (Phi) is 4.39. The van der Waals surface area contributed by atoms with Gasteiger partial charge in [-0.2, -0.15) is 0 Å². The van der Waals surface area contributed by atoms with E-state index in [1.807, 2.05) is 24.3 Å². The van der Waals surface area contributed by atoms with Crippen molar-refractivity contribution in [2.75, 3.05) is 7.05 Å². The van der Waals surface area contributed by atoms with E-state index in [0.29, 0.717) is 18.0 Å². The number of ether oxygens (including phenoxy) is 1. The second-order valence-electron chi connectivity index (χ2n) is 4.13. The van der Waals surface area contributed by atoms with Gasteiger partial charge in [-0.3, -0.25) is 0 Å². The van der Waals surface area contributed by atoms with Crippen LogP contribution in [0.2, 0.25) is 0 Å². The number of benzene rings is 2. The molecule has 2 aromatic rings. The van der Waals surface area contributed by atoms with E-state index in [1.165, 1.54) is 19.2 Å². The van der Waals surface area contributed by atoms with Crippen molar-refractivity contribution in [3.63, 3.8) is 0 Å². The normalized spacial score (nSPS) is 11.3. The Morgan fingerprint density at radius 2 is 1.80 bits per heavy atom. The highest BCUT2D eigenvalue weighted by Gasteiger charge is 2.10. The molecule has 0 saturated heterocycles. The number of nitrogens with one attached hydrogen (secondary N) is 1. The summed E-state index contributed by atoms with van der Waals surface area (Å²) in [6, 6.07) is 13.6. The van der Waals surface area contributed by atoms with Crippen LogP contribution in [0.25, 0.3) is 0 Å². The number of rotatable bonds is 5. The van der Waals surface area contributed by atoms with Gasteiger partial charge in [0.15, 0.2) is 0 Å². The van der Waals surface area contributed by atoms with E-state index in [9.17, 15) is 8.42 Å². The molecular weight excluding hydrogens is 276 g/mol. The van der Waals surface area contributed by atoms with Gasteiger partial charge in [0.2, 0.25) is 10.0 Å². The molecule has 2 rings (SSSR count). The number of hydrogen-bond donors (Lipinski definition) is 2. The Morgan fingerprint density at radius 3 is 2.40 bits per heavy atom. The average molecular weight is 292 g/mol. The average Bonchev–Trinajstić information content (AvgIpc) is 2.48. The van der Waals surface area contributed by atoms with E-state index >= 15 is 0 Å². The number of hydrogen-bond acceptors (Lipinski definition) is 4. The van der Waals surface area contributed by atoms with Gasteiger partial charge in [-0.25, -0.2) is 13.1 Å². The Morgan fingerprint density at radius 1 is 1.10 bits per heavy atom. The summed E-state index contributed by atoms with van der Waals surface area (Å²) in [5.41, 5.74) is 6.54. The molecule has 0 unspecified atom stereocenters. The molecule has 0 amide bonds. The fourth-order valence-electron chi connectivity index (χ4n) is 1.68. The molecule has 3 N–H and O–H groups in total. The Balaban J connectivity index is 2.18. The van der Waals surface area contributed by atoms with Crippen molar-refractivity contribution in [2.45, 2.75) is 11.4 Å². The first-order valence-electron chi connectivity index (χ1n) is 6.05. The smallest absolute Gasteiger partial charge is 0.240 e. The van der Waals surface area contributed by atoms with Gasteiger partial charge in [0.05, 0.1) is 4.90 Å².